The Morgan fingerprint density at radius 3 is 2.82 bits per heavy atom. The molecule has 0 spiro atoms. The molecule has 0 aliphatic heterocycles. The Morgan fingerprint density at radius 1 is 1.14 bits per heavy atom. The van der Waals surface area contributed by atoms with Crippen molar-refractivity contribution in [3.8, 4) is 0 Å². The van der Waals surface area contributed by atoms with Gasteiger partial charge in [0.15, 0.2) is 5.82 Å². The van der Waals surface area contributed by atoms with Crippen LogP contribution < -0.4 is 5.32 Å². The highest BCUT2D eigenvalue weighted by molar-refractivity contribution is 5.93. The number of aromatic nitrogens is 2. The summed E-state index contributed by atoms with van der Waals surface area (Å²) in [6.07, 6.45) is 3.91. The van der Waals surface area contributed by atoms with Gasteiger partial charge in [-0.05, 0) is 29.2 Å². The topological polar surface area (TPSA) is 46.9 Å². The van der Waals surface area contributed by atoms with E-state index in [4.69, 9.17) is 0 Å². The molecule has 1 amide bonds. The van der Waals surface area contributed by atoms with Gasteiger partial charge in [0.2, 0.25) is 5.91 Å². The van der Waals surface area contributed by atoms with E-state index in [1.807, 2.05) is 23.0 Å². The second-order valence-electron chi connectivity index (χ2n) is 5.80. The van der Waals surface area contributed by atoms with Crippen LogP contribution in [0.4, 0.5) is 5.82 Å². The molecule has 0 bridgehead atoms. The molecule has 4 nitrogen and oxygen atoms in total. The van der Waals surface area contributed by atoms with Crippen molar-refractivity contribution in [3.05, 3.63) is 60.3 Å². The maximum Gasteiger partial charge on any atom is 0.228 e. The van der Waals surface area contributed by atoms with Crippen molar-refractivity contribution >= 4 is 22.5 Å². The number of hydrogen-bond donors (Lipinski definition) is 1. The van der Waals surface area contributed by atoms with Crippen LogP contribution in [0.25, 0.3) is 10.8 Å². The summed E-state index contributed by atoms with van der Waals surface area (Å²) in [4.78, 5) is 11.8. The molecule has 4 heteroatoms. The van der Waals surface area contributed by atoms with Gasteiger partial charge in [0.1, 0.15) is 0 Å². The van der Waals surface area contributed by atoms with E-state index in [2.05, 4.69) is 46.8 Å². The molecule has 1 aliphatic carbocycles. The molecular formula is C18H17N3O. The van der Waals surface area contributed by atoms with Crippen LogP contribution in [0.5, 0.6) is 0 Å². The minimum Gasteiger partial charge on any atom is -0.309 e. The van der Waals surface area contributed by atoms with Crippen LogP contribution in [0.3, 0.4) is 0 Å². The zero-order valence-electron chi connectivity index (χ0n) is 12.2. The zero-order valence-corrected chi connectivity index (χ0v) is 12.2. The Labute approximate surface area is 128 Å². The van der Waals surface area contributed by atoms with Crippen LogP contribution in [0.1, 0.15) is 18.4 Å². The number of nitrogens with zero attached hydrogens (tertiary/aromatic N) is 2. The van der Waals surface area contributed by atoms with Crippen molar-refractivity contribution in [3.63, 3.8) is 0 Å². The maximum atomic E-state index is 11.8. The molecule has 0 radical (unpaired) electrons. The number of fused-ring (bicyclic) bond motifs is 1. The van der Waals surface area contributed by atoms with E-state index in [9.17, 15) is 4.79 Å². The molecule has 1 fully saturated rings. The predicted molar refractivity (Wildman–Crippen MR) is 86.6 cm³/mol. The summed E-state index contributed by atoms with van der Waals surface area (Å²) in [6, 6.07) is 16.5. The highest BCUT2D eigenvalue weighted by Gasteiger charge is 2.29. The van der Waals surface area contributed by atoms with E-state index >= 15 is 0 Å². The molecule has 1 heterocycles. The standard InChI is InChI=1S/C18H17N3O/c22-18(14-8-9-14)19-17-10-11-21(20-17)12-15-6-3-5-13-4-1-2-7-16(13)15/h1-7,10-11,14H,8-9,12H2,(H,19,20,22). The second kappa shape index (κ2) is 5.30. The van der Waals surface area contributed by atoms with Crippen LogP contribution in [0.15, 0.2) is 54.7 Å². The van der Waals surface area contributed by atoms with Crippen LogP contribution in [0, 0.1) is 5.92 Å². The largest absolute Gasteiger partial charge is 0.309 e. The number of nitrogens with one attached hydrogen (secondary N) is 1. The quantitative estimate of drug-likeness (QED) is 0.800. The van der Waals surface area contributed by atoms with Gasteiger partial charge in [-0.1, -0.05) is 42.5 Å². The summed E-state index contributed by atoms with van der Waals surface area (Å²) < 4.78 is 1.87. The fourth-order valence-electron chi connectivity index (χ4n) is 2.70. The minimum atomic E-state index is 0.0930. The van der Waals surface area contributed by atoms with Crippen LogP contribution in [0.2, 0.25) is 0 Å². The average molecular weight is 291 g/mol. The van der Waals surface area contributed by atoms with Crippen LogP contribution in [-0.4, -0.2) is 15.7 Å². The lowest BCUT2D eigenvalue weighted by atomic mass is 10.0. The number of carbonyl (C=O) groups excluding carboxylic acids is 1. The molecule has 1 saturated carbocycles. The summed E-state index contributed by atoms with van der Waals surface area (Å²) >= 11 is 0. The second-order valence-corrected chi connectivity index (χ2v) is 5.80. The van der Waals surface area contributed by atoms with E-state index in [0.29, 0.717) is 12.4 Å². The smallest absolute Gasteiger partial charge is 0.228 e. The molecule has 1 aromatic heterocycles. The Kier molecular flexibility index (Phi) is 3.15. The van der Waals surface area contributed by atoms with Gasteiger partial charge in [-0.15, -0.1) is 0 Å². The third-order valence-corrected chi connectivity index (χ3v) is 4.05. The molecule has 110 valence electrons. The number of amides is 1. The summed E-state index contributed by atoms with van der Waals surface area (Å²) in [6.45, 7) is 0.695. The first-order valence-electron chi connectivity index (χ1n) is 7.60. The Bertz CT molecular complexity index is 828. The highest BCUT2D eigenvalue weighted by Crippen LogP contribution is 2.30. The van der Waals surface area contributed by atoms with Gasteiger partial charge in [0.05, 0.1) is 6.54 Å². The SMILES string of the molecule is O=C(Nc1ccn(Cc2cccc3ccccc23)n1)C1CC1. The lowest BCUT2D eigenvalue weighted by Crippen LogP contribution is -2.14. The Hall–Kier alpha value is -2.62. The molecular weight excluding hydrogens is 274 g/mol. The molecule has 0 atom stereocenters. The van der Waals surface area contributed by atoms with Crippen molar-refractivity contribution in [1.29, 1.82) is 0 Å². The minimum absolute atomic E-state index is 0.0930. The van der Waals surface area contributed by atoms with Gasteiger partial charge >= 0.3 is 0 Å². The molecule has 4 rings (SSSR count). The van der Waals surface area contributed by atoms with Crippen LogP contribution in [-0.2, 0) is 11.3 Å². The van der Waals surface area contributed by atoms with E-state index in [0.717, 1.165) is 12.8 Å². The predicted octanol–water partition coefficient (Wildman–Crippen LogP) is 3.43. The van der Waals surface area contributed by atoms with E-state index in [1.165, 1.54) is 16.3 Å². The summed E-state index contributed by atoms with van der Waals surface area (Å²) in [5.41, 5.74) is 1.22. The Balaban J connectivity index is 1.55. The van der Waals surface area contributed by atoms with E-state index < -0.39 is 0 Å². The van der Waals surface area contributed by atoms with Crippen molar-refractivity contribution < 1.29 is 4.79 Å². The molecule has 1 N–H and O–H groups in total. The maximum absolute atomic E-state index is 11.8. The monoisotopic (exact) mass is 291 g/mol. The van der Waals surface area contributed by atoms with Gasteiger partial charge in [-0.3, -0.25) is 9.48 Å². The third-order valence-electron chi connectivity index (χ3n) is 4.05. The molecule has 1 aliphatic rings. The first-order valence-corrected chi connectivity index (χ1v) is 7.60. The zero-order chi connectivity index (χ0) is 14.9. The number of carbonyl (C=O) groups is 1. The van der Waals surface area contributed by atoms with Crippen molar-refractivity contribution in [2.24, 2.45) is 5.92 Å². The summed E-state index contributed by atoms with van der Waals surface area (Å²) in [5, 5.41) is 9.79. The van der Waals surface area contributed by atoms with Crippen molar-refractivity contribution in [2.45, 2.75) is 19.4 Å². The fourth-order valence-corrected chi connectivity index (χ4v) is 2.70. The van der Waals surface area contributed by atoms with Crippen molar-refractivity contribution in [1.82, 2.24) is 9.78 Å². The number of hydrogen-bond acceptors (Lipinski definition) is 2. The lowest BCUT2D eigenvalue weighted by Gasteiger charge is -2.07. The fraction of sp³-hybridized carbons (Fsp3) is 0.222. The molecule has 22 heavy (non-hydrogen) atoms. The molecule has 0 saturated heterocycles. The van der Waals surface area contributed by atoms with Crippen molar-refractivity contribution in [2.75, 3.05) is 5.32 Å². The van der Waals surface area contributed by atoms with Gasteiger partial charge in [0, 0.05) is 18.2 Å². The van der Waals surface area contributed by atoms with Gasteiger partial charge < -0.3 is 5.32 Å². The first-order chi connectivity index (χ1) is 10.8. The summed E-state index contributed by atoms with van der Waals surface area (Å²) in [7, 11) is 0. The van der Waals surface area contributed by atoms with Gasteiger partial charge in [0.25, 0.3) is 0 Å². The van der Waals surface area contributed by atoms with E-state index in [1.54, 1.807) is 0 Å². The van der Waals surface area contributed by atoms with Gasteiger partial charge in [-0.25, -0.2) is 0 Å². The van der Waals surface area contributed by atoms with E-state index in [-0.39, 0.29) is 11.8 Å². The normalized spacial score (nSPS) is 14.2. The summed E-state index contributed by atoms with van der Waals surface area (Å²) in [5.74, 6) is 0.927. The van der Waals surface area contributed by atoms with Gasteiger partial charge in [-0.2, -0.15) is 5.10 Å². The average Bonchev–Trinajstić information content (AvgIpc) is 3.30. The highest BCUT2D eigenvalue weighted by atomic mass is 16.2. The number of rotatable bonds is 4. The number of benzene rings is 2. The molecule has 2 aromatic carbocycles. The number of anilines is 1. The molecule has 3 aromatic rings. The lowest BCUT2D eigenvalue weighted by molar-refractivity contribution is -0.117. The Morgan fingerprint density at radius 2 is 1.95 bits per heavy atom. The van der Waals surface area contributed by atoms with Crippen LogP contribution >= 0.6 is 0 Å². The third kappa shape index (κ3) is 2.60. The first kappa shape index (κ1) is 13.1. The molecule has 0 unspecified atom stereocenters.